The third-order valence-corrected chi connectivity index (χ3v) is 7.15. The number of aliphatic imine (C=N–C) groups is 1. The number of nitrogens with two attached hydrogens (primary N) is 4. The van der Waals surface area contributed by atoms with Crippen molar-refractivity contribution >= 4 is 41.5 Å². The van der Waals surface area contributed by atoms with Crippen molar-refractivity contribution in [1.82, 2.24) is 21.3 Å². The van der Waals surface area contributed by atoms with Gasteiger partial charge in [0.1, 0.15) is 24.2 Å². The molecule has 0 aromatic heterocycles. The first-order chi connectivity index (χ1) is 22.0. The smallest absolute Gasteiger partial charge is 0.326 e. The maximum absolute atomic E-state index is 13.6. The Kier molecular flexibility index (Phi) is 17.5. The molecule has 0 aliphatic rings. The fraction of sp³-hybridized carbons (Fsp3) is 0.581. The van der Waals surface area contributed by atoms with Crippen LogP contribution in [0.5, 0.6) is 0 Å². The van der Waals surface area contributed by atoms with Crippen LogP contribution in [-0.2, 0) is 35.2 Å². The van der Waals surface area contributed by atoms with Crippen molar-refractivity contribution in [1.29, 1.82) is 0 Å². The van der Waals surface area contributed by atoms with E-state index in [1.165, 1.54) is 0 Å². The second-order valence-electron chi connectivity index (χ2n) is 12.1. The van der Waals surface area contributed by atoms with Gasteiger partial charge in [0.2, 0.25) is 29.5 Å². The number of rotatable bonds is 21. The van der Waals surface area contributed by atoms with E-state index in [0.717, 1.165) is 0 Å². The molecule has 262 valence electrons. The van der Waals surface area contributed by atoms with Gasteiger partial charge in [0.15, 0.2) is 5.96 Å². The molecule has 0 heterocycles. The number of amides is 5. The van der Waals surface area contributed by atoms with Gasteiger partial charge in [-0.3, -0.25) is 29.0 Å². The van der Waals surface area contributed by atoms with E-state index in [4.69, 9.17) is 22.9 Å². The summed E-state index contributed by atoms with van der Waals surface area (Å²) >= 11 is 0. The Bertz CT molecular complexity index is 1240. The van der Waals surface area contributed by atoms with Crippen LogP contribution in [0.25, 0.3) is 0 Å². The van der Waals surface area contributed by atoms with Gasteiger partial charge in [-0.25, -0.2) is 4.79 Å². The molecule has 16 heteroatoms. The number of primary amides is 1. The highest BCUT2D eigenvalue weighted by Crippen LogP contribution is 2.10. The van der Waals surface area contributed by atoms with E-state index < -0.39 is 65.7 Å². The molecule has 0 aliphatic heterocycles. The Hall–Kier alpha value is -4.73. The molecule has 1 aromatic rings. The Morgan fingerprint density at radius 3 is 1.74 bits per heavy atom. The second-order valence-corrected chi connectivity index (χ2v) is 12.1. The summed E-state index contributed by atoms with van der Waals surface area (Å²) in [5.74, 6) is -5.28. The van der Waals surface area contributed by atoms with Crippen molar-refractivity contribution in [2.24, 2.45) is 39.8 Å². The van der Waals surface area contributed by atoms with Crippen LogP contribution in [0.3, 0.4) is 0 Å². The van der Waals surface area contributed by atoms with Gasteiger partial charge in [-0.2, -0.15) is 0 Å². The number of aliphatic carboxylic acids is 1. The lowest BCUT2D eigenvalue weighted by molar-refractivity contribution is -0.142. The Balaban J connectivity index is 3.25. The molecule has 13 N–H and O–H groups in total. The first kappa shape index (κ1) is 40.3. The Labute approximate surface area is 275 Å². The van der Waals surface area contributed by atoms with Crippen LogP contribution in [0.4, 0.5) is 0 Å². The molecule has 0 saturated carbocycles. The summed E-state index contributed by atoms with van der Waals surface area (Å²) in [5, 5.41) is 20.1. The second kappa shape index (κ2) is 20.4. The zero-order valence-corrected chi connectivity index (χ0v) is 27.5. The fourth-order valence-electron chi connectivity index (χ4n) is 4.47. The number of carbonyl (C=O) groups excluding carboxylic acids is 5. The number of carboxylic acids is 1. The van der Waals surface area contributed by atoms with Gasteiger partial charge in [0, 0.05) is 19.4 Å². The van der Waals surface area contributed by atoms with Crippen molar-refractivity contribution in [2.45, 2.75) is 96.4 Å². The molecule has 16 nitrogen and oxygen atoms in total. The van der Waals surface area contributed by atoms with E-state index in [0.29, 0.717) is 5.56 Å². The minimum absolute atomic E-state index is 0.00162. The van der Waals surface area contributed by atoms with Crippen LogP contribution >= 0.6 is 0 Å². The molecule has 0 aliphatic carbocycles. The molecule has 1 rings (SSSR count). The number of hydrogen-bond acceptors (Lipinski definition) is 8. The van der Waals surface area contributed by atoms with Crippen molar-refractivity contribution in [3.05, 3.63) is 35.9 Å². The standard InChI is InChI=1S/C31H51N9O7/c1-17(2)15-22(39-29(45)25(33)18(3)4)28(44)38-21(12-13-24(32)41)27(43)37-20(11-8-14-36-31(34)35)26(42)40-23(30(46)47)16-19-9-6-5-7-10-19/h5-7,9-10,17-18,20-23,25H,8,11-16,33H2,1-4H3,(H2,32,41)(H,37,43)(H,38,44)(H,39,45)(H,40,42)(H,46,47)(H4,34,35,36)/t20-,21-,22-,23-,25-/m0/s1. The van der Waals surface area contributed by atoms with Gasteiger partial charge >= 0.3 is 5.97 Å². The number of hydrogen-bond donors (Lipinski definition) is 9. The molecular formula is C31H51N9O7. The van der Waals surface area contributed by atoms with Gasteiger partial charge in [0.05, 0.1) is 6.04 Å². The Morgan fingerprint density at radius 1 is 0.745 bits per heavy atom. The topological polar surface area (TPSA) is 287 Å². The van der Waals surface area contributed by atoms with Crippen LogP contribution < -0.4 is 44.2 Å². The summed E-state index contributed by atoms with van der Waals surface area (Å²) in [5.41, 5.74) is 22.7. The fourth-order valence-corrected chi connectivity index (χ4v) is 4.47. The third-order valence-electron chi connectivity index (χ3n) is 7.15. The van der Waals surface area contributed by atoms with E-state index in [9.17, 15) is 33.9 Å². The van der Waals surface area contributed by atoms with Crippen molar-refractivity contribution in [2.75, 3.05) is 6.54 Å². The minimum atomic E-state index is -1.34. The predicted octanol–water partition coefficient (Wildman–Crippen LogP) is -1.40. The molecular weight excluding hydrogens is 610 g/mol. The van der Waals surface area contributed by atoms with Gasteiger partial charge in [-0.15, -0.1) is 0 Å². The zero-order valence-electron chi connectivity index (χ0n) is 27.5. The molecule has 0 bridgehead atoms. The molecule has 47 heavy (non-hydrogen) atoms. The number of guanidine groups is 1. The maximum Gasteiger partial charge on any atom is 0.326 e. The van der Waals surface area contributed by atoms with Crippen LogP contribution in [0.1, 0.15) is 65.4 Å². The molecule has 0 radical (unpaired) electrons. The van der Waals surface area contributed by atoms with Crippen LogP contribution in [-0.4, -0.2) is 83.3 Å². The first-order valence-corrected chi connectivity index (χ1v) is 15.6. The number of carbonyl (C=O) groups is 6. The predicted molar refractivity (Wildman–Crippen MR) is 176 cm³/mol. The van der Waals surface area contributed by atoms with Crippen LogP contribution in [0.15, 0.2) is 35.3 Å². The highest BCUT2D eigenvalue weighted by Gasteiger charge is 2.32. The first-order valence-electron chi connectivity index (χ1n) is 15.6. The lowest BCUT2D eigenvalue weighted by Gasteiger charge is -2.27. The normalized spacial score (nSPS) is 14.2. The van der Waals surface area contributed by atoms with Crippen molar-refractivity contribution in [3.8, 4) is 0 Å². The number of nitrogens with one attached hydrogen (secondary N) is 4. The molecule has 5 amide bonds. The largest absolute Gasteiger partial charge is 0.480 e. The van der Waals surface area contributed by atoms with Crippen molar-refractivity contribution < 1.29 is 33.9 Å². The van der Waals surface area contributed by atoms with E-state index >= 15 is 0 Å². The van der Waals surface area contributed by atoms with E-state index in [1.807, 2.05) is 13.8 Å². The third kappa shape index (κ3) is 15.9. The monoisotopic (exact) mass is 661 g/mol. The molecule has 5 atom stereocenters. The van der Waals surface area contributed by atoms with Crippen molar-refractivity contribution in [3.63, 3.8) is 0 Å². The van der Waals surface area contributed by atoms with E-state index in [1.54, 1.807) is 44.2 Å². The van der Waals surface area contributed by atoms with Gasteiger partial charge in [-0.1, -0.05) is 58.0 Å². The molecule has 0 unspecified atom stereocenters. The average Bonchev–Trinajstić information content (AvgIpc) is 2.99. The number of carboxylic acid groups (broad SMARTS) is 1. The summed E-state index contributed by atoms with van der Waals surface area (Å²) in [6, 6.07) is 2.83. The Morgan fingerprint density at radius 2 is 1.26 bits per heavy atom. The summed E-state index contributed by atoms with van der Waals surface area (Å²) < 4.78 is 0. The van der Waals surface area contributed by atoms with Crippen LogP contribution in [0.2, 0.25) is 0 Å². The average molecular weight is 662 g/mol. The lowest BCUT2D eigenvalue weighted by Crippen LogP contribution is -2.59. The molecule has 0 fully saturated rings. The van der Waals surface area contributed by atoms with E-state index in [-0.39, 0.29) is 62.9 Å². The summed E-state index contributed by atoms with van der Waals surface area (Å²) in [6.07, 6.45) is -0.0604. The summed E-state index contributed by atoms with van der Waals surface area (Å²) in [4.78, 5) is 80.6. The number of nitrogens with zero attached hydrogens (tertiary/aromatic N) is 1. The zero-order chi connectivity index (χ0) is 35.7. The van der Waals surface area contributed by atoms with Crippen LogP contribution in [0, 0.1) is 11.8 Å². The van der Waals surface area contributed by atoms with Gasteiger partial charge in [-0.05, 0) is 43.1 Å². The highest BCUT2D eigenvalue weighted by molar-refractivity contribution is 5.95. The van der Waals surface area contributed by atoms with Gasteiger partial charge in [0.25, 0.3) is 0 Å². The minimum Gasteiger partial charge on any atom is -0.480 e. The lowest BCUT2D eigenvalue weighted by atomic mass is 9.99. The highest BCUT2D eigenvalue weighted by atomic mass is 16.4. The molecule has 1 aromatic carbocycles. The molecule has 0 saturated heterocycles. The quantitative estimate of drug-likeness (QED) is 0.0422. The summed E-state index contributed by atoms with van der Waals surface area (Å²) in [6.45, 7) is 7.33. The maximum atomic E-state index is 13.6. The van der Waals surface area contributed by atoms with Gasteiger partial charge < -0.3 is 49.3 Å². The molecule has 0 spiro atoms. The number of benzene rings is 1. The van der Waals surface area contributed by atoms with E-state index in [2.05, 4.69) is 26.3 Å². The SMILES string of the molecule is CC(C)C[C@H](NC(=O)[C@@H](N)C(C)C)C(=O)N[C@@H](CCC(N)=O)C(=O)N[C@@H](CCCN=C(N)N)C(=O)N[C@@H](Cc1ccccc1)C(=O)O. The summed E-state index contributed by atoms with van der Waals surface area (Å²) in [7, 11) is 0.